The fourth-order valence-electron chi connectivity index (χ4n) is 1.94. The number of ketones is 1. The predicted molar refractivity (Wildman–Crippen MR) is 83.3 cm³/mol. The van der Waals surface area contributed by atoms with E-state index in [4.69, 9.17) is 21.1 Å². The Bertz CT molecular complexity index is 593. The van der Waals surface area contributed by atoms with Gasteiger partial charge in [0, 0.05) is 18.6 Å². The number of hydrogen-bond acceptors (Lipinski definition) is 3. The molecular weight excluding hydrogens is 288 g/mol. The third kappa shape index (κ3) is 4.59. The summed E-state index contributed by atoms with van der Waals surface area (Å²) in [5.74, 6) is 0.610. The smallest absolute Gasteiger partial charge is 0.170 e. The van der Waals surface area contributed by atoms with Crippen LogP contribution in [-0.2, 0) is 11.2 Å². The highest BCUT2D eigenvalue weighted by atomic mass is 35.5. The molecule has 2 aromatic carbocycles. The molecule has 0 aliphatic heterocycles. The van der Waals surface area contributed by atoms with Crippen molar-refractivity contribution >= 4 is 17.4 Å². The lowest BCUT2D eigenvalue weighted by Crippen LogP contribution is -2.10. The molecule has 0 fully saturated rings. The molecule has 0 atom stereocenters. The normalized spacial score (nSPS) is 10.4. The Balaban J connectivity index is 2.09. The molecular formula is C17H17ClO3. The van der Waals surface area contributed by atoms with E-state index in [0.717, 1.165) is 5.56 Å². The number of hydrogen-bond donors (Lipinski definition) is 0. The van der Waals surface area contributed by atoms with Gasteiger partial charge in [-0.1, -0.05) is 35.9 Å². The zero-order chi connectivity index (χ0) is 15.1. The lowest BCUT2D eigenvalue weighted by molar-refractivity contribution is 0.0985. The quantitative estimate of drug-likeness (QED) is 0.577. The Kier molecular flexibility index (Phi) is 5.78. The summed E-state index contributed by atoms with van der Waals surface area (Å²) in [6, 6.07) is 14.5. The molecule has 0 amide bonds. The Morgan fingerprint density at radius 2 is 1.76 bits per heavy atom. The molecule has 3 nitrogen and oxygen atoms in total. The number of ether oxygens (including phenoxy) is 2. The molecule has 4 heteroatoms. The number of benzene rings is 2. The zero-order valence-corrected chi connectivity index (χ0v) is 12.6. The van der Waals surface area contributed by atoms with Crippen LogP contribution in [0.4, 0.5) is 0 Å². The van der Waals surface area contributed by atoms with Gasteiger partial charge in [0.2, 0.25) is 0 Å². The predicted octanol–water partition coefficient (Wildman–Crippen LogP) is 3.79. The van der Waals surface area contributed by atoms with Gasteiger partial charge in [-0.05, 0) is 29.8 Å². The summed E-state index contributed by atoms with van der Waals surface area (Å²) in [5, 5.41) is 0.662. The number of carbonyl (C=O) groups excluding carboxylic acids is 1. The second-order valence-corrected chi connectivity index (χ2v) is 5.00. The molecule has 0 saturated heterocycles. The standard InChI is InChI=1S/C17H17ClO3/c1-20-10-11-21-17-5-3-2-4-15(17)16(19)12-13-6-8-14(18)9-7-13/h2-9H,10-12H2,1H3. The fourth-order valence-corrected chi connectivity index (χ4v) is 2.07. The maximum atomic E-state index is 12.4. The van der Waals surface area contributed by atoms with Crippen molar-refractivity contribution in [2.45, 2.75) is 6.42 Å². The van der Waals surface area contributed by atoms with Crippen LogP contribution in [0.15, 0.2) is 48.5 Å². The molecule has 110 valence electrons. The van der Waals surface area contributed by atoms with E-state index in [1.54, 1.807) is 31.4 Å². The van der Waals surface area contributed by atoms with E-state index in [9.17, 15) is 4.79 Å². The first-order chi connectivity index (χ1) is 10.2. The number of Topliss-reactive ketones (excluding diaryl/α,β-unsaturated/α-hetero) is 1. The van der Waals surface area contributed by atoms with Crippen molar-refractivity contribution in [1.82, 2.24) is 0 Å². The van der Waals surface area contributed by atoms with Gasteiger partial charge < -0.3 is 9.47 Å². The van der Waals surface area contributed by atoms with E-state index < -0.39 is 0 Å². The van der Waals surface area contributed by atoms with E-state index in [2.05, 4.69) is 0 Å². The van der Waals surface area contributed by atoms with Crippen LogP contribution in [0.2, 0.25) is 5.02 Å². The monoisotopic (exact) mass is 304 g/mol. The molecule has 0 spiro atoms. The van der Waals surface area contributed by atoms with Gasteiger partial charge in [0.1, 0.15) is 12.4 Å². The van der Waals surface area contributed by atoms with Gasteiger partial charge in [-0.2, -0.15) is 0 Å². The highest BCUT2D eigenvalue weighted by Crippen LogP contribution is 2.20. The number of para-hydroxylation sites is 1. The Morgan fingerprint density at radius 3 is 2.48 bits per heavy atom. The molecule has 2 rings (SSSR count). The van der Waals surface area contributed by atoms with Crippen molar-refractivity contribution in [2.75, 3.05) is 20.3 Å². The van der Waals surface area contributed by atoms with Gasteiger partial charge in [0.25, 0.3) is 0 Å². The van der Waals surface area contributed by atoms with Gasteiger partial charge in [-0.15, -0.1) is 0 Å². The average Bonchev–Trinajstić information content (AvgIpc) is 2.50. The minimum Gasteiger partial charge on any atom is -0.490 e. The summed E-state index contributed by atoms with van der Waals surface area (Å²) in [6.07, 6.45) is 0.321. The van der Waals surface area contributed by atoms with Crippen molar-refractivity contribution in [3.05, 3.63) is 64.7 Å². The minimum atomic E-state index is 0.0188. The minimum absolute atomic E-state index is 0.0188. The van der Waals surface area contributed by atoms with Crippen molar-refractivity contribution < 1.29 is 14.3 Å². The first kappa shape index (κ1) is 15.5. The number of halogens is 1. The maximum Gasteiger partial charge on any atom is 0.170 e. The van der Waals surface area contributed by atoms with Crippen LogP contribution in [0.5, 0.6) is 5.75 Å². The van der Waals surface area contributed by atoms with E-state index in [-0.39, 0.29) is 5.78 Å². The maximum absolute atomic E-state index is 12.4. The van der Waals surface area contributed by atoms with Gasteiger partial charge in [-0.3, -0.25) is 4.79 Å². The molecule has 0 unspecified atom stereocenters. The molecule has 0 heterocycles. The van der Waals surface area contributed by atoms with Crippen molar-refractivity contribution in [1.29, 1.82) is 0 Å². The molecule has 0 N–H and O–H groups in total. The summed E-state index contributed by atoms with van der Waals surface area (Å²) in [6.45, 7) is 0.904. The summed E-state index contributed by atoms with van der Waals surface area (Å²) in [4.78, 5) is 12.4. The van der Waals surface area contributed by atoms with E-state index in [1.165, 1.54) is 0 Å². The van der Waals surface area contributed by atoms with E-state index >= 15 is 0 Å². The molecule has 0 aliphatic rings. The van der Waals surface area contributed by atoms with Crippen LogP contribution in [0, 0.1) is 0 Å². The summed E-state index contributed by atoms with van der Waals surface area (Å²) in [5.41, 5.74) is 1.51. The Hall–Kier alpha value is -1.84. The molecule has 0 radical (unpaired) electrons. The topological polar surface area (TPSA) is 35.5 Å². The van der Waals surface area contributed by atoms with Crippen LogP contribution in [0.25, 0.3) is 0 Å². The van der Waals surface area contributed by atoms with Crippen molar-refractivity contribution in [3.63, 3.8) is 0 Å². The Morgan fingerprint density at radius 1 is 1.05 bits per heavy atom. The van der Waals surface area contributed by atoms with Crippen LogP contribution >= 0.6 is 11.6 Å². The number of rotatable bonds is 7. The van der Waals surface area contributed by atoms with Crippen LogP contribution < -0.4 is 4.74 Å². The van der Waals surface area contributed by atoms with Gasteiger partial charge in [-0.25, -0.2) is 0 Å². The Labute approximate surface area is 129 Å². The zero-order valence-electron chi connectivity index (χ0n) is 11.8. The lowest BCUT2D eigenvalue weighted by atomic mass is 10.0. The SMILES string of the molecule is COCCOc1ccccc1C(=O)Cc1ccc(Cl)cc1. The molecule has 0 saturated carbocycles. The highest BCUT2D eigenvalue weighted by Gasteiger charge is 2.12. The second kappa shape index (κ2) is 7.81. The third-order valence-corrected chi connectivity index (χ3v) is 3.26. The van der Waals surface area contributed by atoms with Crippen LogP contribution in [0.1, 0.15) is 15.9 Å². The molecule has 2 aromatic rings. The first-order valence-corrected chi connectivity index (χ1v) is 7.07. The van der Waals surface area contributed by atoms with Gasteiger partial charge >= 0.3 is 0 Å². The van der Waals surface area contributed by atoms with Gasteiger partial charge in [0.05, 0.1) is 12.2 Å². The van der Waals surface area contributed by atoms with E-state index in [0.29, 0.717) is 36.0 Å². The first-order valence-electron chi connectivity index (χ1n) is 6.69. The van der Waals surface area contributed by atoms with E-state index in [1.807, 2.05) is 24.3 Å². The number of methoxy groups -OCH3 is 1. The summed E-state index contributed by atoms with van der Waals surface area (Å²) in [7, 11) is 1.61. The fraction of sp³-hybridized carbons (Fsp3) is 0.235. The molecule has 0 aromatic heterocycles. The number of carbonyl (C=O) groups is 1. The summed E-state index contributed by atoms with van der Waals surface area (Å²) < 4.78 is 10.5. The van der Waals surface area contributed by atoms with Crippen molar-refractivity contribution in [3.8, 4) is 5.75 Å². The molecule has 0 bridgehead atoms. The van der Waals surface area contributed by atoms with Crippen molar-refractivity contribution in [2.24, 2.45) is 0 Å². The molecule has 0 aliphatic carbocycles. The second-order valence-electron chi connectivity index (χ2n) is 4.56. The molecule has 21 heavy (non-hydrogen) atoms. The largest absolute Gasteiger partial charge is 0.490 e. The van der Waals surface area contributed by atoms with Gasteiger partial charge in [0.15, 0.2) is 5.78 Å². The third-order valence-electron chi connectivity index (χ3n) is 3.01. The highest BCUT2D eigenvalue weighted by molar-refractivity contribution is 6.30. The average molecular weight is 305 g/mol. The van der Waals surface area contributed by atoms with Crippen LogP contribution in [0.3, 0.4) is 0 Å². The summed E-state index contributed by atoms with van der Waals surface area (Å²) >= 11 is 5.84. The van der Waals surface area contributed by atoms with Crippen LogP contribution in [-0.4, -0.2) is 26.1 Å². The lowest BCUT2D eigenvalue weighted by Gasteiger charge is -2.10.